The van der Waals surface area contributed by atoms with Crippen molar-refractivity contribution >= 4 is 50.7 Å². The molecule has 10 heteroatoms. The fraction of sp³-hybridized carbons (Fsp3) is 0.300. The molecule has 0 spiro atoms. The molecule has 1 N–H and O–H groups in total. The van der Waals surface area contributed by atoms with Crippen LogP contribution < -0.4 is 9.62 Å². The zero-order valence-corrected chi connectivity index (χ0v) is 19.1. The molecule has 7 nitrogen and oxygen atoms in total. The Hall–Kier alpha value is -2.29. The number of benzene rings is 2. The van der Waals surface area contributed by atoms with Crippen LogP contribution in [0.4, 0.5) is 5.69 Å². The molecule has 2 amide bonds. The molecule has 2 aromatic carbocycles. The third kappa shape index (κ3) is 6.35. The van der Waals surface area contributed by atoms with E-state index in [0.717, 1.165) is 10.6 Å². The Morgan fingerprint density at radius 2 is 1.67 bits per heavy atom. The van der Waals surface area contributed by atoms with Crippen molar-refractivity contribution in [1.29, 1.82) is 0 Å². The van der Waals surface area contributed by atoms with Crippen LogP contribution in [0.3, 0.4) is 0 Å². The maximum Gasteiger partial charge on any atom is 0.244 e. The van der Waals surface area contributed by atoms with E-state index in [0.29, 0.717) is 15.6 Å². The second kappa shape index (κ2) is 10.1. The lowest BCUT2D eigenvalue weighted by atomic mass is 10.1. The van der Waals surface area contributed by atoms with Gasteiger partial charge >= 0.3 is 0 Å². The van der Waals surface area contributed by atoms with Crippen LogP contribution in [0.25, 0.3) is 0 Å². The Morgan fingerprint density at radius 1 is 1.07 bits per heavy atom. The minimum atomic E-state index is -3.79. The minimum absolute atomic E-state index is 0.0845. The van der Waals surface area contributed by atoms with Gasteiger partial charge in [0, 0.05) is 23.6 Å². The highest BCUT2D eigenvalue weighted by Gasteiger charge is 2.29. The quantitative estimate of drug-likeness (QED) is 0.640. The molecule has 0 saturated carbocycles. The molecule has 1 atom stereocenters. The number of rotatable bonds is 8. The zero-order valence-electron chi connectivity index (χ0n) is 16.8. The smallest absolute Gasteiger partial charge is 0.244 e. The van der Waals surface area contributed by atoms with E-state index < -0.39 is 28.5 Å². The Morgan fingerprint density at radius 3 is 2.20 bits per heavy atom. The Balaban J connectivity index is 2.38. The first kappa shape index (κ1) is 24.0. The van der Waals surface area contributed by atoms with E-state index in [1.54, 1.807) is 49.4 Å². The molecule has 2 aromatic rings. The lowest BCUT2D eigenvalue weighted by molar-refractivity contribution is -0.139. The fourth-order valence-electron chi connectivity index (χ4n) is 2.87. The highest BCUT2D eigenvalue weighted by Crippen LogP contribution is 2.23. The molecule has 0 aliphatic heterocycles. The molecule has 2 rings (SSSR count). The van der Waals surface area contributed by atoms with Gasteiger partial charge in [-0.05, 0) is 42.8 Å². The van der Waals surface area contributed by atoms with Crippen LogP contribution >= 0.6 is 23.2 Å². The molecule has 0 fully saturated rings. The van der Waals surface area contributed by atoms with E-state index in [2.05, 4.69) is 5.32 Å². The van der Waals surface area contributed by atoms with Gasteiger partial charge in [-0.2, -0.15) is 0 Å². The number of amides is 2. The van der Waals surface area contributed by atoms with Gasteiger partial charge in [-0.15, -0.1) is 0 Å². The summed E-state index contributed by atoms with van der Waals surface area (Å²) in [5.74, 6) is -0.921. The number of hydrogen-bond donors (Lipinski definition) is 1. The highest BCUT2D eigenvalue weighted by atomic mass is 35.5. The van der Waals surface area contributed by atoms with E-state index in [4.69, 9.17) is 23.2 Å². The molecule has 0 unspecified atom stereocenters. The summed E-state index contributed by atoms with van der Waals surface area (Å²) in [6.45, 7) is 1.17. The summed E-state index contributed by atoms with van der Waals surface area (Å²) in [4.78, 5) is 26.7. The SMILES string of the molecule is CNC(=O)[C@@H](C)N(Cc1cccc(Cl)c1)C(=O)CN(c1cccc(Cl)c1)S(C)(=O)=O. The maximum absolute atomic E-state index is 13.2. The first-order chi connectivity index (χ1) is 14.0. The third-order valence-corrected chi connectivity index (χ3v) is 6.04. The number of sulfonamides is 1. The first-order valence-corrected chi connectivity index (χ1v) is 11.6. The van der Waals surface area contributed by atoms with Crippen LogP contribution in [0.1, 0.15) is 12.5 Å². The number of halogens is 2. The second-order valence-electron chi connectivity index (χ2n) is 6.69. The average Bonchev–Trinajstić information content (AvgIpc) is 2.68. The molecule has 0 aliphatic rings. The van der Waals surface area contributed by atoms with Crippen molar-refractivity contribution in [1.82, 2.24) is 10.2 Å². The van der Waals surface area contributed by atoms with Crippen molar-refractivity contribution in [3.63, 3.8) is 0 Å². The monoisotopic (exact) mass is 471 g/mol. The summed E-state index contributed by atoms with van der Waals surface area (Å²) in [5.41, 5.74) is 0.967. The number of nitrogens with zero attached hydrogens (tertiary/aromatic N) is 2. The van der Waals surface area contributed by atoms with Gasteiger partial charge in [0.15, 0.2) is 0 Å². The normalized spacial score (nSPS) is 12.2. The number of carbonyl (C=O) groups excluding carboxylic acids is 2. The Bertz CT molecular complexity index is 1030. The van der Waals surface area contributed by atoms with Gasteiger partial charge in [-0.25, -0.2) is 8.42 Å². The van der Waals surface area contributed by atoms with Crippen LogP contribution in [0, 0.1) is 0 Å². The molecular weight excluding hydrogens is 449 g/mol. The number of anilines is 1. The number of nitrogens with one attached hydrogen (secondary N) is 1. The van der Waals surface area contributed by atoms with Crippen LogP contribution in [0.5, 0.6) is 0 Å². The summed E-state index contributed by atoms with van der Waals surface area (Å²) in [6.07, 6.45) is 1.00. The van der Waals surface area contributed by atoms with Gasteiger partial charge in [-0.3, -0.25) is 13.9 Å². The van der Waals surface area contributed by atoms with Gasteiger partial charge in [0.25, 0.3) is 0 Å². The molecule has 0 heterocycles. The van der Waals surface area contributed by atoms with Crippen LogP contribution in [-0.2, 0) is 26.2 Å². The standard InChI is InChI=1S/C20H23Cl2N3O4S/c1-14(20(27)23-2)24(12-15-6-4-7-16(21)10-15)19(26)13-25(30(3,28)29)18-9-5-8-17(22)11-18/h4-11,14H,12-13H2,1-3H3,(H,23,27)/t14-/m1/s1. The topological polar surface area (TPSA) is 86.8 Å². The number of hydrogen-bond acceptors (Lipinski definition) is 4. The molecule has 0 aliphatic carbocycles. The van der Waals surface area contributed by atoms with Crippen molar-refractivity contribution in [2.75, 3.05) is 24.2 Å². The summed E-state index contributed by atoms with van der Waals surface area (Å²) in [5, 5.41) is 3.34. The molecular formula is C20H23Cl2N3O4S. The third-order valence-electron chi connectivity index (χ3n) is 4.43. The number of carbonyl (C=O) groups is 2. The van der Waals surface area contributed by atoms with Crippen LogP contribution in [0.15, 0.2) is 48.5 Å². The molecule has 0 radical (unpaired) electrons. The second-order valence-corrected chi connectivity index (χ2v) is 9.47. The molecule has 0 bridgehead atoms. The fourth-order valence-corrected chi connectivity index (χ4v) is 4.11. The molecule has 0 aromatic heterocycles. The Labute approximate surface area is 186 Å². The predicted molar refractivity (Wildman–Crippen MR) is 119 cm³/mol. The highest BCUT2D eigenvalue weighted by molar-refractivity contribution is 7.92. The van der Waals surface area contributed by atoms with E-state index in [1.807, 2.05) is 0 Å². The lowest BCUT2D eigenvalue weighted by Gasteiger charge is -2.31. The summed E-state index contributed by atoms with van der Waals surface area (Å²) < 4.78 is 25.7. The van der Waals surface area contributed by atoms with Gasteiger partial charge in [0.05, 0.1) is 11.9 Å². The van der Waals surface area contributed by atoms with Crippen molar-refractivity contribution in [2.45, 2.75) is 19.5 Å². The summed E-state index contributed by atoms with van der Waals surface area (Å²) >= 11 is 12.0. The van der Waals surface area contributed by atoms with Gasteiger partial charge in [-0.1, -0.05) is 41.4 Å². The van der Waals surface area contributed by atoms with Crippen molar-refractivity contribution in [3.05, 3.63) is 64.1 Å². The summed E-state index contributed by atoms with van der Waals surface area (Å²) in [6, 6.07) is 12.3. The maximum atomic E-state index is 13.2. The zero-order chi connectivity index (χ0) is 22.5. The van der Waals surface area contributed by atoms with Gasteiger partial charge in [0.2, 0.25) is 21.8 Å². The van der Waals surface area contributed by atoms with E-state index in [-0.39, 0.29) is 18.1 Å². The molecule has 162 valence electrons. The first-order valence-electron chi connectivity index (χ1n) is 9.01. The van der Waals surface area contributed by atoms with Crippen molar-refractivity contribution < 1.29 is 18.0 Å². The van der Waals surface area contributed by atoms with Gasteiger partial charge in [0.1, 0.15) is 12.6 Å². The van der Waals surface area contributed by atoms with Crippen LogP contribution in [0.2, 0.25) is 10.0 Å². The minimum Gasteiger partial charge on any atom is -0.357 e. The summed E-state index contributed by atoms with van der Waals surface area (Å²) in [7, 11) is -2.32. The van der Waals surface area contributed by atoms with Crippen molar-refractivity contribution in [2.24, 2.45) is 0 Å². The average molecular weight is 472 g/mol. The largest absolute Gasteiger partial charge is 0.357 e. The molecule has 0 saturated heterocycles. The van der Waals surface area contributed by atoms with E-state index in [1.165, 1.54) is 18.0 Å². The lowest BCUT2D eigenvalue weighted by Crippen LogP contribution is -2.50. The molecule has 30 heavy (non-hydrogen) atoms. The van der Waals surface area contributed by atoms with Gasteiger partial charge < -0.3 is 10.2 Å². The van der Waals surface area contributed by atoms with Crippen LogP contribution in [-0.4, -0.2) is 51.0 Å². The predicted octanol–water partition coefficient (Wildman–Crippen LogP) is 2.92. The van der Waals surface area contributed by atoms with E-state index >= 15 is 0 Å². The van der Waals surface area contributed by atoms with E-state index in [9.17, 15) is 18.0 Å². The Kier molecular flexibility index (Phi) is 8.11. The number of likely N-dealkylation sites (N-methyl/N-ethyl adjacent to an activating group) is 1. The van der Waals surface area contributed by atoms with Crippen molar-refractivity contribution in [3.8, 4) is 0 Å².